The van der Waals surface area contributed by atoms with Crippen molar-refractivity contribution >= 4 is 0 Å². The van der Waals surface area contributed by atoms with Gasteiger partial charge in [-0.05, 0) is 50.7 Å². The van der Waals surface area contributed by atoms with E-state index in [1.807, 2.05) is 0 Å². The molecule has 1 aliphatic rings. The molecule has 1 saturated heterocycles. The molecular formula is C11H23N. The molecule has 0 amide bonds. The lowest BCUT2D eigenvalue weighted by molar-refractivity contribution is 0.261. The van der Waals surface area contributed by atoms with Crippen LogP contribution in [-0.4, -0.2) is 25.0 Å². The molecule has 0 spiro atoms. The first kappa shape index (κ1) is 10.0. The minimum atomic E-state index is 0.867. The molecule has 1 heterocycles. The molecule has 0 radical (unpaired) electrons. The SMILES string of the molecule is CC(C)C1CCN(C)CCC1C. The lowest BCUT2D eigenvalue weighted by Crippen LogP contribution is -2.19. The van der Waals surface area contributed by atoms with Gasteiger partial charge in [-0.2, -0.15) is 0 Å². The summed E-state index contributed by atoms with van der Waals surface area (Å²) in [4.78, 5) is 2.47. The lowest BCUT2D eigenvalue weighted by Gasteiger charge is -2.24. The zero-order valence-electron chi connectivity index (χ0n) is 9.01. The molecule has 0 aromatic heterocycles. The Morgan fingerprint density at radius 1 is 1.17 bits per heavy atom. The first-order valence-electron chi connectivity index (χ1n) is 5.29. The summed E-state index contributed by atoms with van der Waals surface area (Å²) in [5.41, 5.74) is 0. The van der Waals surface area contributed by atoms with Crippen molar-refractivity contribution in [2.75, 3.05) is 20.1 Å². The molecule has 1 aliphatic heterocycles. The van der Waals surface area contributed by atoms with Gasteiger partial charge >= 0.3 is 0 Å². The van der Waals surface area contributed by atoms with E-state index in [0.717, 1.165) is 17.8 Å². The summed E-state index contributed by atoms with van der Waals surface area (Å²) in [6.07, 6.45) is 2.79. The maximum absolute atomic E-state index is 2.47. The van der Waals surface area contributed by atoms with Gasteiger partial charge in [0.1, 0.15) is 0 Å². The third-order valence-corrected chi connectivity index (χ3v) is 3.40. The first-order valence-corrected chi connectivity index (χ1v) is 5.29. The average molecular weight is 169 g/mol. The second-order valence-corrected chi connectivity index (χ2v) is 4.77. The summed E-state index contributed by atoms with van der Waals surface area (Å²) >= 11 is 0. The van der Waals surface area contributed by atoms with E-state index < -0.39 is 0 Å². The molecule has 1 fully saturated rings. The predicted octanol–water partition coefficient (Wildman–Crippen LogP) is 2.62. The number of nitrogens with zero attached hydrogens (tertiary/aromatic N) is 1. The Balaban J connectivity index is 2.50. The molecule has 0 saturated carbocycles. The Morgan fingerprint density at radius 3 is 2.33 bits per heavy atom. The minimum Gasteiger partial charge on any atom is -0.306 e. The van der Waals surface area contributed by atoms with Crippen molar-refractivity contribution in [2.24, 2.45) is 17.8 Å². The smallest absolute Gasteiger partial charge is 0.00189 e. The molecule has 1 rings (SSSR count). The quantitative estimate of drug-likeness (QED) is 0.583. The van der Waals surface area contributed by atoms with Crippen molar-refractivity contribution in [3.8, 4) is 0 Å². The van der Waals surface area contributed by atoms with Gasteiger partial charge in [-0.1, -0.05) is 20.8 Å². The Morgan fingerprint density at radius 2 is 1.75 bits per heavy atom. The summed E-state index contributed by atoms with van der Waals surface area (Å²) in [5.74, 6) is 2.75. The van der Waals surface area contributed by atoms with E-state index in [4.69, 9.17) is 0 Å². The fourth-order valence-electron chi connectivity index (χ4n) is 2.39. The Hall–Kier alpha value is -0.0400. The molecule has 0 aromatic rings. The highest BCUT2D eigenvalue weighted by Gasteiger charge is 2.23. The van der Waals surface area contributed by atoms with Crippen molar-refractivity contribution in [2.45, 2.75) is 33.6 Å². The number of rotatable bonds is 1. The maximum atomic E-state index is 2.47. The van der Waals surface area contributed by atoms with Gasteiger partial charge < -0.3 is 4.90 Å². The fraction of sp³-hybridized carbons (Fsp3) is 1.00. The van der Waals surface area contributed by atoms with Crippen molar-refractivity contribution < 1.29 is 0 Å². The van der Waals surface area contributed by atoms with Crippen LogP contribution >= 0.6 is 0 Å². The Kier molecular flexibility index (Phi) is 3.57. The van der Waals surface area contributed by atoms with Crippen LogP contribution in [0.1, 0.15) is 33.6 Å². The van der Waals surface area contributed by atoms with E-state index >= 15 is 0 Å². The standard InChI is InChI=1S/C11H23N/c1-9(2)11-6-8-12(4)7-5-10(11)3/h9-11H,5-8H2,1-4H3. The second-order valence-electron chi connectivity index (χ2n) is 4.77. The van der Waals surface area contributed by atoms with Crippen LogP contribution in [0.5, 0.6) is 0 Å². The van der Waals surface area contributed by atoms with Crippen LogP contribution in [0, 0.1) is 17.8 Å². The van der Waals surface area contributed by atoms with Crippen LogP contribution in [0.2, 0.25) is 0 Å². The van der Waals surface area contributed by atoms with Crippen molar-refractivity contribution in [1.82, 2.24) is 4.90 Å². The highest BCUT2D eigenvalue weighted by Crippen LogP contribution is 2.29. The van der Waals surface area contributed by atoms with Crippen LogP contribution in [0.25, 0.3) is 0 Å². The summed E-state index contributed by atoms with van der Waals surface area (Å²) in [6, 6.07) is 0. The summed E-state index contributed by atoms with van der Waals surface area (Å²) in [5, 5.41) is 0. The van der Waals surface area contributed by atoms with Crippen LogP contribution in [0.3, 0.4) is 0 Å². The maximum Gasteiger partial charge on any atom is -0.00189 e. The molecule has 2 atom stereocenters. The van der Waals surface area contributed by atoms with Gasteiger partial charge in [0.25, 0.3) is 0 Å². The molecule has 12 heavy (non-hydrogen) atoms. The van der Waals surface area contributed by atoms with Gasteiger partial charge in [-0.15, -0.1) is 0 Å². The monoisotopic (exact) mass is 169 g/mol. The highest BCUT2D eigenvalue weighted by atomic mass is 15.1. The van der Waals surface area contributed by atoms with Gasteiger partial charge in [-0.3, -0.25) is 0 Å². The van der Waals surface area contributed by atoms with Crippen molar-refractivity contribution in [3.63, 3.8) is 0 Å². The third kappa shape index (κ3) is 2.48. The summed E-state index contributed by atoms with van der Waals surface area (Å²) < 4.78 is 0. The predicted molar refractivity (Wildman–Crippen MR) is 54.2 cm³/mol. The van der Waals surface area contributed by atoms with E-state index in [9.17, 15) is 0 Å². The van der Waals surface area contributed by atoms with Gasteiger partial charge in [0, 0.05) is 0 Å². The number of hydrogen-bond acceptors (Lipinski definition) is 1. The molecule has 1 heteroatoms. The molecule has 0 N–H and O–H groups in total. The van der Waals surface area contributed by atoms with Crippen molar-refractivity contribution in [3.05, 3.63) is 0 Å². The molecule has 0 bridgehead atoms. The number of hydrogen-bond donors (Lipinski definition) is 0. The third-order valence-electron chi connectivity index (χ3n) is 3.40. The van der Waals surface area contributed by atoms with Crippen LogP contribution in [0.15, 0.2) is 0 Å². The largest absolute Gasteiger partial charge is 0.306 e. The van der Waals surface area contributed by atoms with E-state index in [1.54, 1.807) is 0 Å². The van der Waals surface area contributed by atoms with Crippen molar-refractivity contribution in [1.29, 1.82) is 0 Å². The zero-order valence-corrected chi connectivity index (χ0v) is 9.01. The van der Waals surface area contributed by atoms with Crippen LogP contribution in [-0.2, 0) is 0 Å². The number of likely N-dealkylation sites (tertiary alicyclic amines) is 1. The molecule has 0 aliphatic carbocycles. The normalized spacial score (nSPS) is 33.8. The van der Waals surface area contributed by atoms with Gasteiger partial charge in [0.05, 0.1) is 0 Å². The van der Waals surface area contributed by atoms with Crippen LogP contribution < -0.4 is 0 Å². The molecule has 0 aromatic carbocycles. The molecule has 1 nitrogen and oxygen atoms in total. The first-order chi connectivity index (χ1) is 5.61. The van der Waals surface area contributed by atoms with Gasteiger partial charge in [0.15, 0.2) is 0 Å². The van der Waals surface area contributed by atoms with Gasteiger partial charge in [-0.25, -0.2) is 0 Å². The molecule has 2 unspecified atom stereocenters. The average Bonchev–Trinajstić information content (AvgIpc) is 2.14. The van der Waals surface area contributed by atoms with E-state index in [0.29, 0.717) is 0 Å². The van der Waals surface area contributed by atoms with Gasteiger partial charge in [0.2, 0.25) is 0 Å². The summed E-state index contributed by atoms with van der Waals surface area (Å²) in [7, 11) is 2.25. The second kappa shape index (κ2) is 4.27. The topological polar surface area (TPSA) is 3.24 Å². The van der Waals surface area contributed by atoms with Crippen LogP contribution in [0.4, 0.5) is 0 Å². The van der Waals surface area contributed by atoms with E-state index in [-0.39, 0.29) is 0 Å². The fourth-order valence-corrected chi connectivity index (χ4v) is 2.39. The Labute approximate surface area is 77.1 Å². The summed E-state index contributed by atoms with van der Waals surface area (Å²) in [6.45, 7) is 9.75. The lowest BCUT2D eigenvalue weighted by atomic mass is 9.81. The minimum absolute atomic E-state index is 0.867. The van der Waals surface area contributed by atoms with E-state index in [1.165, 1.54) is 25.9 Å². The molecular weight excluding hydrogens is 146 g/mol. The van der Waals surface area contributed by atoms with E-state index in [2.05, 4.69) is 32.7 Å². The molecule has 72 valence electrons. The zero-order chi connectivity index (χ0) is 9.14. The Bertz CT molecular complexity index is 131. The highest BCUT2D eigenvalue weighted by molar-refractivity contribution is 4.75.